The number of benzene rings is 2. The molecule has 1 atom stereocenters. The van der Waals surface area contributed by atoms with Gasteiger partial charge in [0, 0.05) is 4.47 Å². The molecule has 1 aliphatic rings. The molecule has 2 aromatic rings. The van der Waals surface area contributed by atoms with Crippen molar-refractivity contribution in [3.8, 4) is 0 Å². The zero-order chi connectivity index (χ0) is 13.4. The van der Waals surface area contributed by atoms with Crippen LogP contribution in [0.4, 0.5) is 0 Å². The summed E-state index contributed by atoms with van der Waals surface area (Å²) in [6.45, 7) is 2.17. The fourth-order valence-electron chi connectivity index (χ4n) is 2.85. The van der Waals surface area contributed by atoms with E-state index in [1.807, 2.05) is 0 Å². The minimum atomic E-state index is 0.284. The first-order valence-electron chi connectivity index (χ1n) is 6.67. The van der Waals surface area contributed by atoms with Crippen molar-refractivity contribution in [2.24, 2.45) is 0 Å². The van der Waals surface area contributed by atoms with E-state index in [1.54, 1.807) is 0 Å². The first-order valence-corrected chi connectivity index (χ1v) is 8.38. The van der Waals surface area contributed by atoms with Crippen molar-refractivity contribution in [1.82, 2.24) is 0 Å². The molecule has 0 radical (unpaired) electrons. The predicted molar refractivity (Wildman–Crippen MR) is 88.1 cm³/mol. The number of halogens is 2. The molecule has 0 nitrogen and oxygen atoms in total. The van der Waals surface area contributed by atoms with Crippen LogP contribution in [0.15, 0.2) is 40.9 Å². The monoisotopic (exact) mass is 378 g/mol. The Labute approximate surface area is 131 Å². The van der Waals surface area contributed by atoms with Gasteiger partial charge in [0.15, 0.2) is 0 Å². The molecule has 3 rings (SSSR count). The van der Waals surface area contributed by atoms with Gasteiger partial charge in [-0.25, -0.2) is 0 Å². The van der Waals surface area contributed by atoms with Crippen LogP contribution >= 0.6 is 31.9 Å². The fraction of sp³-hybridized carbons (Fsp3) is 0.294. The number of hydrogen-bond donors (Lipinski definition) is 0. The lowest BCUT2D eigenvalue weighted by Crippen LogP contribution is -1.97. The Balaban J connectivity index is 1.97. The third kappa shape index (κ3) is 2.66. The van der Waals surface area contributed by atoms with Crippen molar-refractivity contribution in [3.63, 3.8) is 0 Å². The normalized spacial score (nSPS) is 15.3. The zero-order valence-corrected chi connectivity index (χ0v) is 14.1. The van der Waals surface area contributed by atoms with E-state index < -0.39 is 0 Å². The van der Waals surface area contributed by atoms with E-state index in [2.05, 4.69) is 75.2 Å². The minimum absolute atomic E-state index is 0.284. The van der Waals surface area contributed by atoms with Crippen molar-refractivity contribution < 1.29 is 0 Å². The van der Waals surface area contributed by atoms with E-state index in [4.69, 9.17) is 0 Å². The molecule has 0 saturated heterocycles. The number of rotatable bonds is 2. The molecule has 0 aromatic heterocycles. The molecular weight excluding hydrogens is 364 g/mol. The smallest absolute Gasteiger partial charge is 0.0647 e. The SMILES string of the molecule is Cc1cc(Br)ccc1C(Br)c1ccc2c(c1)CCC2. The van der Waals surface area contributed by atoms with Crippen molar-refractivity contribution in [1.29, 1.82) is 0 Å². The standard InChI is InChI=1S/C17H16Br2/c1-11-9-15(18)7-8-16(11)17(19)14-6-5-12-3-2-4-13(12)10-14/h5-10,17H,2-4H2,1H3. The predicted octanol–water partition coefficient (Wildman–Crippen LogP) is 5.73. The summed E-state index contributed by atoms with van der Waals surface area (Å²) in [6.07, 6.45) is 3.80. The summed E-state index contributed by atoms with van der Waals surface area (Å²) in [5, 5.41) is 0. The summed E-state index contributed by atoms with van der Waals surface area (Å²) in [6, 6.07) is 13.4. The van der Waals surface area contributed by atoms with Crippen LogP contribution < -0.4 is 0 Å². The third-order valence-corrected chi connectivity index (χ3v) is 5.44. The van der Waals surface area contributed by atoms with Crippen LogP contribution in [0.2, 0.25) is 0 Å². The second kappa shape index (κ2) is 5.41. The quantitative estimate of drug-likeness (QED) is 0.584. The van der Waals surface area contributed by atoms with Gasteiger partial charge in [0.2, 0.25) is 0 Å². The molecule has 2 heteroatoms. The van der Waals surface area contributed by atoms with E-state index in [0.717, 1.165) is 4.47 Å². The summed E-state index contributed by atoms with van der Waals surface area (Å²) in [4.78, 5) is 0.284. The van der Waals surface area contributed by atoms with E-state index in [1.165, 1.54) is 47.1 Å². The van der Waals surface area contributed by atoms with Crippen LogP contribution in [-0.4, -0.2) is 0 Å². The molecule has 0 spiro atoms. The van der Waals surface area contributed by atoms with Crippen molar-refractivity contribution in [2.45, 2.75) is 31.0 Å². The van der Waals surface area contributed by atoms with Crippen LogP contribution in [0.1, 0.15) is 39.1 Å². The Morgan fingerprint density at radius 3 is 2.58 bits per heavy atom. The van der Waals surface area contributed by atoms with Crippen LogP contribution in [0.25, 0.3) is 0 Å². The first-order chi connectivity index (χ1) is 9.15. The fourth-order valence-corrected chi connectivity index (χ4v) is 4.13. The molecule has 0 amide bonds. The lowest BCUT2D eigenvalue weighted by molar-refractivity contribution is 0.911. The van der Waals surface area contributed by atoms with Gasteiger partial charge in [0.05, 0.1) is 4.83 Å². The van der Waals surface area contributed by atoms with Crippen LogP contribution in [0.3, 0.4) is 0 Å². The molecule has 0 fully saturated rings. The van der Waals surface area contributed by atoms with E-state index in [9.17, 15) is 0 Å². The largest absolute Gasteiger partial charge is 0.0786 e. The van der Waals surface area contributed by atoms with Gasteiger partial charge < -0.3 is 0 Å². The number of aryl methyl sites for hydroxylation is 3. The second-order valence-corrected chi connectivity index (χ2v) is 7.08. The Morgan fingerprint density at radius 2 is 1.79 bits per heavy atom. The van der Waals surface area contributed by atoms with Crippen LogP contribution in [0.5, 0.6) is 0 Å². The number of alkyl halides is 1. The Morgan fingerprint density at radius 1 is 1.00 bits per heavy atom. The van der Waals surface area contributed by atoms with Crippen molar-refractivity contribution in [3.05, 3.63) is 68.7 Å². The van der Waals surface area contributed by atoms with Gasteiger partial charge in [-0.3, -0.25) is 0 Å². The highest BCUT2D eigenvalue weighted by atomic mass is 79.9. The van der Waals surface area contributed by atoms with Gasteiger partial charge >= 0.3 is 0 Å². The average Bonchev–Trinajstić information content (AvgIpc) is 2.85. The Hall–Kier alpha value is -0.600. The maximum Gasteiger partial charge on any atom is 0.0647 e. The number of fused-ring (bicyclic) bond motifs is 1. The third-order valence-electron chi connectivity index (χ3n) is 3.92. The van der Waals surface area contributed by atoms with Crippen LogP contribution in [-0.2, 0) is 12.8 Å². The lowest BCUT2D eigenvalue weighted by Gasteiger charge is -2.15. The summed E-state index contributed by atoms with van der Waals surface area (Å²) in [5.74, 6) is 0. The molecule has 0 aliphatic heterocycles. The number of hydrogen-bond acceptors (Lipinski definition) is 0. The maximum atomic E-state index is 3.86. The summed E-state index contributed by atoms with van der Waals surface area (Å²) in [7, 11) is 0. The zero-order valence-electron chi connectivity index (χ0n) is 10.9. The van der Waals surface area contributed by atoms with Crippen molar-refractivity contribution >= 4 is 31.9 Å². The molecule has 19 heavy (non-hydrogen) atoms. The molecule has 2 aromatic carbocycles. The molecule has 0 N–H and O–H groups in total. The first kappa shape index (κ1) is 13.4. The average molecular weight is 380 g/mol. The van der Waals surface area contributed by atoms with Gasteiger partial charge in [-0.15, -0.1) is 0 Å². The lowest BCUT2D eigenvalue weighted by atomic mass is 9.98. The molecule has 0 saturated carbocycles. The molecule has 0 heterocycles. The topological polar surface area (TPSA) is 0 Å². The van der Waals surface area contributed by atoms with Crippen LogP contribution in [0, 0.1) is 6.92 Å². The minimum Gasteiger partial charge on any atom is -0.0786 e. The second-order valence-electron chi connectivity index (χ2n) is 5.25. The van der Waals surface area contributed by atoms with Gasteiger partial charge in [-0.2, -0.15) is 0 Å². The van der Waals surface area contributed by atoms with Gasteiger partial charge in [0.1, 0.15) is 0 Å². The highest BCUT2D eigenvalue weighted by Gasteiger charge is 2.16. The van der Waals surface area contributed by atoms with Crippen molar-refractivity contribution in [2.75, 3.05) is 0 Å². The summed E-state index contributed by atoms with van der Waals surface area (Å²) >= 11 is 7.39. The Bertz CT molecular complexity index is 617. The highest BCUT2D eigenvalue weighted by molar-refractivity contribution is 9.10. The van der Waals surface area contributed by atoms with E-state index in [0.29, 0.717) is 0 Å². The van der Waals surface area contributed by atoms with Gasteiger partial charge in [-0.05, 0) is 66.1 Å². The molecule has 0 bridgehead atoms. The summed E-state index contributed by atoms with van der Waals surface area (Å²) < 4.78 is 1.14. The van der Waals surface area contributed by atoms with E-state index in [-0.39, 0.29) is 4.83 Å². The van der Waals surface area contributed by atoms with Gasteiger partial charge in [0.25, 0.3) is 0 Å². The highest BCUT2D eigenvalue weighted by Crippen LogP contribution is 2.36. The molecule has 98 valence electrons. The Kier molecular flexibility index (Phi) is 3.81. The van der Waals surface area contributed by atoms with Gasteiger partial charge in [-0.1, -0.05) is 56.1 Å². The molecule has 1 unspecified atom stereocenters. The molecule has 1 aliphatic carbocycles. The maximum absolute atomic E-state index is 3.86. The van der Waals surface area contributed by atoms with E-state index >= 15 is 0 Å². The summed E-state index contributed by atoms with van der Waals surface area (Å²) in [5.41, 5.74) is 7.11. The molecular formula is C17H16Br2.